The number of benzene rings is 3. The Morgan fingerprint density at radius 1 is 0.932 bits per heavy atom. The highest BCUT2D eigenvalue weighted by Crippen LogP contribution is 2.33. The number of sulfonamides is 1. The van der Waals surface area contributed by atoms with Crippen LogP contribution in [0.1, 0.15) is 64.8 Å². The minimum absolute atomic E-state index is 0.0852. The van der Waals surface area contributed by atoms with Crippen LogP contribution in [-0.2, 0) is 21.4 Å². The first-order chi connectivity index (χ1) is 21.2. The maximum absolute atomic E-state index is 13.4. The molecule has 1 aliphatic heterocycles. The molecule has 1 heterocycles. The van der Waals surface area contributed by atoms with Gasteiger partial charge in [0.05, 0.1) is 10.6 Å². The van der Waals surface area contributed by atoms with Gasteiger partial charge in [0, 0.05) is 35.9 Å². The van der Waals surface area contributed by atoms with Gasteiger partial charge in [-0.3, -0.25) is 14.4 Å². The third-order valence-corrected chi connectivity index (χ3v) is 9.00. The highest BCUT2D eigenvalue weighted by Gasteiger charge is 2.33. The third kappa shape index (κ3) is 8.01. The molecule has 5 N–H and O–H groups in total. The van der Waals surface area contributed by atoms with Crippen LogP contribution in [0.5, 0.6) is 5.75 Å². The molecule has 1 aliphatic carbocycles. The summed E-state index contributed by atoms with van der Waals surface area (Å²) in [4.78, 5) is 39.8. The molecule has 2 aliphatic rings. The number of carbonyl (C=O) groups is 3. The molecule has 0 saturated heterocycles. The van der Waals surface area contributed by atoms with Gasteiger partial charge < -0.3 is 26.0 Å². The number of nitrogens with one attached hydrogen (secondary N) is 3. The minimum Gasteiger partial charge on any atom is -0.482 e. The zero-order valence-electron chi connectivity index (χ0n) is 24.4. The van der Waals surface area contributed by atoms with Gasteiger partial charge in [-0.15, -0.1) is 0 Å². The topological polar surface area (TPSA) is 160 Å². The van der Waals surface area contributed by atoms with Crippen molar-refractivity contribution in [1.29, 1.82) is 0 Å². The summed E-state index contributed by atoms with van der Waals surface area (Å²) in [6.45, 7) is 1.30. The van der Waals surface area contributed by atoms with Crippen LogP contribution < -0.4 is 25.8 Å². The van der Waals surface area contributed by atoms with Gasteiger partial charge >= 0.3 is 0 Å². The lowest BCUT2D eigenvalue weighted by Crippen LogP contribution is -2.33. The van der Waals surface area contributed by atoms with Crippen molar-refractivity contribution >= 4 is 39.1 Å². The molecule has 3 aromatic rings. The Morgan fingerprint density at radius 2 is 1.64 bits per heavy atom. The van der Waals surface area contributed by atoms with Gasteiger partial charge in [-0.2, -0.15) is 0 Å². The van der Waals surface area contributed by atoms with E-state index in [2.05, 4.69) is 15.4 Å². The fourth-order valence-corrected chi connectivity index (χ4v) is 5.99. The molecule has 3 aromatic carbocycles. The average molecular weight is 620 g/mol. The number of nitrogens with two attached hydrogens (primary N) is 1. The molecule has 12 heteroatoms. The van der Waals surface area contributed by atoms with Gasteiger partial charge in [0.15, 0.2) is 6.61 Å². The van der Waals surface area contributed by atoms with E-state index in [-0.39, 0.29) is 35.3 Å². The largest absolute Gasteiger partial charge is 0.482 e. The first kappa shape index (κ1) is 31.2. The zero-order valence-corrected chi connectivity index (χ0v) is 25.2. The van der Waals surface area contributed by atoms with E-state index in [1.165, 1.54) is 12.1 Å². The van der Waals surface area contributed by atoms with E-state index in [9.17, 15) is 22.8 Å². The van der Waals surface area contributed by atoms with Crippen LogP contribution in [0.4, 0.5) is 11.4 Å². The number of ether oxygens (including phenoxy) is 1. The van der Waals surface area contributed by atoms with Crippen molar-refractivity contribution < 1.29 is 27.5 Å². The fraction of sp³-hybridized carbons (Fsp3) is 0.344. The average Bonchev–Trinajstić information content (AvgIpc) is 3.87. The quantitative estimate of drug-likeness (QED) is 0.199. The summed E-state index contributed by atoms with van der Waals surface area (Å²) in [5.41, 5.74) is 8.29. The lowest BCUT2D eigenvalue weighted by molar-refractivity contribution is -0.118. The van der Waals surface area contributed by atoms with Crippen molar-refractivity contribution in [2.75, 3.05) is 30.3 Å². The van der Waals surface area contributed by atoms with Gasteiger partial charge in [0.1, 0.15) is 5.75 Å². The summed E-state index contributed by atoms with van der Waals surface area (Å²) in [6.07, 6.45) is 5.42. The van der Waals surface area contributed by atoms with Crippen LogP contribution >= 0.6 is 0 Å². The first-order valence-electron chi connectivity index (χ1n) is 14.8. The van der Waals surface area contributed by atoms with Crippen molar-refractivity contribution in [3.05, 3.63) is 83.4 Å². The summed E-state index contributed by atoms with van der Waals surface area (Å²) in [7, 11) is -3.63. The van der Waals surface area contributed by atoms with Crippen molar-refractivity contribution in [2.24, 2.45) is 5.73 Å². The number of rotatable bonds is 14. The number of nitrogens with zero attached hydrogens (tertiary/aromatic N) is 1. The third-order valence-electron chi connectivity index (χ3n) is 7.52. The molecule has 0 aromatic heterocycles. The number of hydrogen-bond donors (Lipinski definition) is 4. The molecular weight excluding hydrogens is 582 g/mol. The molecule has 1 fully saturated rings. The Morgan fingerprint density at radius 3 is 2.34 bits per heavy atom. The van der Waals surface area contributed by atoms with E-state index < -0.39 is 10.0 Å². The van der Waals surface area contributed by atoms with Crippen molar-refractivity contribution in [3.8, 4) is 5.75 Å². The lowest BCUT2D eigenvalue weighted by Gasteiger charge is -2.24. The number of fused-ring (bicyclic) bond motifs is 1. The van der Waals surface area contributed by atoms with Crippen LogP contribution in [0.2, 0.25) is 0 Å². The Balaban J connectivity index is 1.16. The van der Waals surface area contributed by atoms with E-state index in [4.69, 9.17) is 10.5 Å². The summed E-state index contributed by atoms with van der Waals surface area (Å²) < 4.78 is 33.2. The van der Waals surface area contributed by atoms with Gasteiger partial charge in [0.25, 0.3) is 17.7 Å². The summed E-state index contributed by atoms with van der Waals surface area (Å²) in [5.74, 6) is -0.218. The van der Waals surface area contributed by atoms with Gasteiger partial charge in [-0.25, -0.2) is 13.1 Å². The Kier molecular flexibility index (Phi) is 9.93. The van der Waals surface area contributed by atoms with E-state index in [1.807, 2.05) is 17.0 Å². The second kappa shape index (κ2) is 14.0. The normalized spacial score (nSPS) is 14.2. The Hall–Kier alpha value is -4.26. The predicted octanol–water partition coefficient (Wildman–Crippen LogP) is 3.87. The maximum atomic E-state index is 13.4. The predicted molar refractivity (Wildman–Crippen MR) is 167 cm³/mol. The fourth-order valence-electron chi connectivity index (χ4n) is 4.92. The van der Waals surface area contributed by atoms with Crippen molar-refractivity contribution in [1.82, 2.24) is 9.62 Å². The molecule has 232 valence electrons. The number of anilines is 2. The smallest absolute Gasteiger partial charge is 0.262 e. The molecule has 0 spiro atoms. The van der Waals surface area contributed by atoms with Gasteiger partial charge in [0.2, 0.25) is 10.0 Å². The molecule has 11 nitrogen and oxygen atoms in total. The number of unbranched alkanes of at least 4 members (excludes halogenated alkanes) is 3. The summed E-state index contributed by atoms with van der Waals surface area (Å²) in [6, 6.07) is 18.2. The van der Waals surface area contributed by atoms with Crippen molar-refractivity contribution in [3.63, 3.8) is 0 Å². The van der Waals surface area contributed by atoms with E-state index in [1.54, 1.807) is 42.5 Å². The molecule has 44 heavy (non-hydrogen) atoms. The minimum atomic E-state index is -3.63. The zero-order chi connectivity index (χ0) is 31.1. The Labute approximate surface area is 257 Å². The van der Waals surface area contributed by atoms with E-state index in [0.717, 1.165) is 44.1 Å². The van der Waals surface area contributed by atoms with Crippen LogP contribution in [0.3, 0.4) is 0 Å². The summed E-state index contributed by atoms with van der Waals surface area (Å²) >= 11 is 0. The maximum Gasteiger partial charge on any atom is 0.262 e. The van der Waals surface area contributed by atoms with E-state index >= 15 is 0 Å². The van der Waals surface area contributed by atoms with Crippen LogP contribution in [-0.4, -0.2) is 56.8 Å². The highest BCUT2D eigenvalue weighted by molar-refractivity contribution is 7.89. The van der Waals surface area contributed by atoms with Gasteiger partial charge in [-0.1, -0.05) is 25.0 Å². The Bertz CT molecular complexity index is 1610. The molecule has 1 saturated carbocycles. The summed E-state index contributed by atoms with van der Waals surface area (Å²) in [5, 5.41) is 5.53. The second-order valence-electron chi connectivity index (χ2n) is 11.0. The molecule has 0 radical (unpaired) electrons. The number of amides is 3. The van der Waals surface area contributed by atoms with Gasteiger partial charge in [-0.05, 0) is 92.4 Å². The molecule has 0 atom stereocenters. The second-order valence-corrected chi connectivity index (χ2v) is 12.8. The standard InChI is InChI=1S/C32H37N5O6S/c33-17-3-1-2-4-18-34-44(41,42)27-14-10-25(11-15-27)35-31(39)23-7-5-22(6-8-23)20-37(26-12-13-26)32(40)24-9-16-28-29(19-24)43-21-30(38)36-28/h5-11,14-16,19,26,34H,1-4,12-13,17-18,20-21,33H2,(H,35,39)(H,36,38). The number of carbonyl (C=O) groups excluding carboxylic acids is 3. The molecule has 0 unspecified atom stereocenters. The number of hydrogen-bond acceptors (Lipinski definition) is 7. The highest BCUT2D eigenvalue weighted by atomic mass is 32.2. The van der Waals surface area contributed by atoms with Crippen LogP contribution in [0, 0.1) is 0 Å². The SMILES string of the molecule is NCCCCCCNS(=O)(=O)c1ccc(NC(=O)c2ccc(CN(C(=O)c3ccc4c(c3)OCC(=O)N4)C3CC3)cc2)cc1. The monoisotopic (exact) mass is 619 g/mol. The molecule has 5 rings (SSSR count). The van der Waals surface area contributed by atoms with E-state index in [0.29, 0.717) is 47.9 Å². The van der Waals surface area contributed by atoms with Crippen LogP contribution in [0.25, 0.3) is 0 Å². The molecule has 3 amide bonds. The molecular formula is C32H37N5O6S. The van der Waals surface area contributed by atoms with Crippen LogP contribution in [0.15, 0.2) is 71.6 Å². The first-order valence-corrected chi connectivity index (χ1v) is 16.3. The van der Waals surface area contributed by atoms with Crippen molar-refractivity contribution in [2.45, 2.75) is 56.0 Å². The lowest BCUT2D eigenvalue weighted by atomic mass is 10.1. The molecule has 0 bridgehead atoms.